The molecule has 2 nitrogen and oxygen atoms in total. The van der Waals surface area contributed by atoms with Gasteiger partial charge in [0.15, 0.2) is 0 Å². The van der Waals surface area contributed by atoms with Crippen molar-refractivity contribution in [2.24, 2.45) is 11.8 Å². The zero-order valence-electron chi connectivity index (χ0n) is 19.5. The molecule has 2 fully saturated rings. The highest BCUT2D eigenvalue weighted by Crippen LogP contribution is 2.54. The molecule has 2 aromatic carbocycles. The van der Waals surface area contributed by atoms with E-state index < -0.39 is 0 Å². The molecule has 2 aromatic rings. The molecular formula is C28H40N2. The van der Waals surface area contributed by atoms with E-state index in [9.17, 15) is 0 Å². The molecule has 1 aliphatic heterocycles. The first kappa shape index (κ1) is 21.6. The maximum absolute atomic E-state index is 2.58. The lowest BCUT2D eigenvalue weighted by atomic mass is 9.54. The summed E-state index contributed by atoms with van der Waals surface area (Å²) in [6, 6.07) is 22.8. The molecule has 0 amide bonds. The summed E-state index contributed by atoms with van der Waals surface area (Å²) in [4.78, 5) is 5.00. The summed E-state index contributed by atoms with van der Waals surface area (Å²) in [6.07, 6.45) is 7.72. The summed E-state index contributed by atoms with van der Waals surface area (Å²) in [5.74, 6) is 1.56. The summed E-state index contributed by atoms with van der Waals surface area (Å²) < 4.78 is 0. The van der Waals surface area contributed by atoms with Crippen LogP contribution in [-0.4, -0.2) is 44.0 Å². The third-order valence-electron chi connectivity index (χ3n) is 8.83. The first-order valence-corrected chi connectivity index (χ1v) is 11.9. The molecule has 2 heteroatoms. The lowest BCUT2D eigenvalue weighted by Crippen LogP contribution is -2.51. The van der Waals surface area contributed by atoms with Crippen LogP contribution in [-0.2, 0) is 11.0 Å². The van der Waals surface area contributed by atoms with Gasteiger partial charge in [0.1, 0.15) is 0 Å². The summed E-state index contributed by atoms with van der Waals surface area (Å²) in [6.45, 7) is 5.09. The minimum atomic E-state index is 0.159. The Labute approximate surface area is 184 Å². The predicted octanol–water partition coefficient (Wildman–Crippen LogP) is 5.93. The molecule has 1 unspecified atom stereocenters. The SMILES string of the molecule is CC(C1CCN(C)CC1)C1(c2ccccc2)CCC(c2ccccc2)(N(C)C)CC1. The van der Waals surface area contributed by atoms with Gasteiger partial charge in [-0.05, 0) is 101 Å². The average molecular weight is 405 g/mol. The minimum Gasteiger partial charge on any atom is -0.306 e. The van der Waals surface area contributed by atoms with Gasteiger partial charge in [0.2, 0.25) is 0 Å². The van der Waals surface area contributed by atoms with Crippen LogP contribution in [0.4, 0.5) is 0 Å². The van der Waals surface area contributed by atoms with E-state index in [4.69, 9.17) is 0 Å². The molecule has 30 heavy (non-hydrogen) atoms. The zero-order valence-corrected chi connectivity index (χ0v) is 19.5. The van der Waals surface area contributed by atoms with Crippen LogP contribution in [0.15, 0.2) is 60.7 Å². The van der Waals surface area contributed by atoms with E-state index in [-0.39, 0.29) is 5.54 Å². The van der Waals surface area contributed by atoms with Gasteiger partial charge < -0.3 is 4.90 Å². The standard InChI is InChI=1S/C28H40N2/c1-23(24-15-21-30(4)22-16-24)27(25-11-7-5-8-12-25)17-19-28(20-18-27,29(2)3)26-13-9-6-10-14-26/h5-14,23-24H,15-22H2,1-4H3. The fraction of sp³-hybridized carbons (Fsp3) is 0.571. The molecule has 2 aliphatic rings. The van der Waals surface area contributed by atoms with E-state index in [1.165, 1.54) is 57.2 Å². The minimum absolute atomic E-state index is 0.159. The third-order valence-corrected chi connectivity index (χ3v) is 8.83. The molecule has 0 radical (unpaired) electrons. The largest absolute Gasteiger partial charge is 0.306 e. The van der Waals surface area contributed by atoms with E-state index >= 15 is 0 Å². The Morgan fingerprint density at radius 3 is 1.80 bits per heavy atom. The van der Waals surface area contributed by atoms with E-state index in [1.807, 2.05) is 0 Å². The Kier molecular flexibility index (Phi) is 6.36. The van der Waals surface area contributed by atoms with Crippen molar-refractivity contribution in [2.75, 3.05) is 34.2 Å². The quantitative estimate of drug-likeness (QED) is 0.609. The van der Waals surface area contributed by atoms with Gasteiger partial charge in [-0.2, -0.15) is 0 Å². The molecule has 1 saturated carbocycles. The van der Waals surface area contributed by atoms with Gasteiger partial charge in [-0.1, -0.05) is 67.6 Å². The van der Waals surface area contributed by atoms with Gasteiger partial charge in [0.05, 0.1) is 0 Å². The highest BCUT2D eigenvalue weighted by atomic mass is 15.1. The summed E-state index contributed by atoms with van der Waals surface area (Å²) in [5, 5.41) is 0. The monoisotopic (exact) mass is 404 g/mol. The Balaban J connectivity index is 1.66. The number of likely N-dealkylation sites (tertiary alicyclic amines) is 1. The second-order valence-corrected chi connectivity index (χ2v) is 10.2. The fourth-order valence-corrected chi connectivity index (χ4v) is 6.61. The van der Waals surface area contributed by atoms with Crippen molar-refractivity contribution in [2.45, 2.75) is 56.4 Å². The molecule has 1 atom stereocenters. The molecule has 0 bridgehead atoms. The molecule has 162 valence electrons. The van der Waals surface area contributed by atoms with Crippen LogP contribution in [0.5, 0.6) is 0 Å². The van der Waals surface area contributed by atoms with Crippen molar-refractivity contribution >= 4 is 0 Å². The maximum Gasteiger partial charge on any atom is 0.0455 e. The summed E-state index contributed by atoms with van der Waals surface area (Å²) in [5.41, 5.74) is 3.53. The third kappa shape index (κ3) is 3.85. The van der Waals surface area contributed by atoms with Crippen molar-refractivity contribution in [3.05, 3.63) is 71.8 Å². The Morgan fingerprint density at radius 2 is 1.30 bits per heavy atom. The second-order valence-electron chi connectivity index (χ2n) is 10.2. The van der Waals surface area contributed by atoms with Gasteiger partial charge >= 0.3 is 0 Å². The normalized spacial score (nSPS) is 29.8. The first-order chi connectivity index (χ1) is 14.5. The fourth-order valence-electron chi connectivity index (χ4n) is 6.61. The molecule has 0 aromatic heterocycles. The smallest absolute Gasteiger partial charge is 0.0455 e. The Bertz CT molecular complexity index is 782. The van der Waals surface area contributed by atoms with Crippen LogP contribution in [0.3, 0.4) is 0 Å². The Morgan fingerprint density at radius 1 is 0.800 bits per heavy atom. The van der Waals surface area contributed by atoms with E-state index in [0.717, 1.165) is 11.8 Å². The van der Waals surface area contributed by atoms with E-state index in [0.29, 0.717) is 5.41 Å². The van der Waals surface area contributed by atoms with Crippen molar-refractivity contribution in [1.29, 1.82) is 0 Å². The highest BCUT2D eigenvalue weighted by Gasteiger charge is 2.49. The summed E-state index contributed by atoms with van der Waals surface area (Å²) in [7, 11) is 6.84. The summed E-state index contributed by atoms with van der Waals surface area (Å²) >= 11 is 0. The van der Waals surface area contributed by atoms with Crippen molar-refractivity contribution in [3.63, 3.8) is 0 Å². The van der Waals surface area contributed by atoms with Crippen molar-refractivity contribution in [3.8, 4) is 0 Å². The topological polar surface area (TPSA) is 6.48 Å². The molecule has 1 heterocycles. The van der Waals surface area contributed by atoms with Crippen LogP contribution in [0.2, 0.25) is 0 Å². The van der Waals surface area contributed by atoms with Gasteiger partial charge in [-0.25, -0.2) is 0 Å². The van der Waals surface area contributed by atoms with E-state index in [1.54, 1.807) is 5.56 Å². The first-order valence-electron chi connectivity index (χ1n) is 11.9. The maximum atomic E-state index is 2.58. The number of rotatable bonds is 5. The molecule has 1 aliphatic carbocycles. The number of hydrogen-bond acceptors (Lipinski definition) is 2. The van der Waals surface area contributed by atoms with Gasteiger partial charge in [0.25, 0.3) is 0 Å². The van der Waals surface area contributed by atoms with Gasteiger partial charge in [0, 0.05) is 5.54 Å². The van der Waals surface area contributed by atoms with Crippen LogP contribution in [0.25, 0.3) is 0 Å². The van der Waals surface area contributed by atoms with E-state index in [2.05, 4.69) is 98.5 Å². The molecule has 4 rings (SSSR count). The van der Waals surface area contributed by atoms with Crippen LogP contribution < -0.4 is 0 Å². The van der Waals surface area contributed by atoms with Gasteiger partial charge in [-0.3, -0.25) is 4.90 Å². The molecular weight excluding hydrogens is 364 g/mol. The number of piperidine rings is 1. The number of benzene rings is 2. The van der Waals surface area contributed by atoms with Crippen molar-refractivity contribution in [1.82, 2.24) is 9.80 Å². The van der Waals surface area contributed by atoms with Crippen molar-refractivity contribution < 1.29 is 0 Å². The average Bonchev–Trinajstić information content (AvgIpc) is 2.80. The number of hydrogen-bond donors (Lipinski definition) is 0. The molecule has 0 N–H and O–H groups in total. The van der Waals surface area contributed by atoms with Gasteiger partial charge in [-0.15, -0.1) is 0 Å². The Hall–Kier alpha value is -1.64. The second kappa shape index (κ2) is 8.85. The number of nitrogens with zero attached hydrogens (tertiary/aromatic N) is 2. The zero-order chi connectivity index (χ0) is 21.2. The van der Waals surface area contributed by atoms with Crippen LogP contribution in [0.1, 0.15) is 56.6 Å². The highest BCUT2D eigenvalue weighted by molar-refractivity contribution is 5.32. The van der Waals surface area contributed by atoms with Crippen LogP contribution >= 0.6 is 0 Å². The predicted molar refractivity (Wildman–Crippen MR) is 128 cm³/mol. The van der Waals surface area contributed by atoms with Crippen LogP contribution in [0, 0.1) is 11.8 Å². The molecule has 0 spiro atoms. The lowest BCUT2D eigenvalue weighted by Gasteiger charge is -2.54. The lowest BCUT2D eigenvalue weighted by molar-refractivity contribution is 0.0238. The molecule has 1 saturated heterocycles.